The number of aliphatic hydroxyl groups is 1. The van der Waals surface area contributed by atoms with Crippen LogP contribution in [0.2, 0.25) is 0 Å². The number of benzene rings is 1. The molecule has 0 saturated carbocycles. The summed E-state index contributed by atoms with van der Waals surface area (Å²) in [5, 5.41) is 13.7. The van der Waals surface area contributed by atoms with Gasteiger partial charge in [0.15, 0.2) is 0 Å². The van der Waals surface area contributed by atoms with Gasteiger partial charge in [0.1, 0.15) is 5.82 Å². The minimum atomic E-state index is -1.01. The summed E-state index contributed by atoms with van der Waals surface area (Å²) in [7, 11) is 0. The molecular formula is C15H24FNO. The summed E-state index contributed by atoms with van der Waals surface area (Å²) in [6.07, 6.45) is 0.548. The molecule has 102 valence electrons. The first-order chi connectivity index (χ1) is 8.12. The van der Waals surface area contributed by atoms with E-state index in [2.05, 4.69) is 26.1 Å². The summed E-state index contributed by atoms with van der Waals surface area (Å²) in [4.78, 5) is 0. The van der Waals surface area contributed by atoms with Crippen LogP contribution in [0.5, 0.6) is 0 Å². The Bertz CT molecular complexity index is 407. The molecule has 0 fully saturated rings. The fraction of sp³-hybridized carbons (Fsp3) is 0.600. The Morgan fingerprint density at radius 2 is 1.83 bits per heavy atom. The predicted molar refractivity (Wildman–Crippen MR) is 73.1 cm³/mol. The average molecular weight is 253 g/mol. The largest absolute Gasteiger partial charge is 0.385 e. The van der Waals surface area contributed by atoms with E-state index in [1.807, 2.05) is 0 Å². The van der Waals surface area contributed by atoms with Gasteiger partial charge in [-0.15, -0.1) is 0 Å². The summed E-state index contributed by atoms with van der Waals surface area (Å²) in [6, 6.07) is 4.91. The highest BCUT2D eigenvalue weighted by atomic mass is 19.1. The van der Waals surface area contributed by atoms with Crippen molar-refractivity contribution in [3.63, 3.8) is 0 Å². The van der Waals surface area contributed by atoms with Crippen LogP contribution < -0.4 is 5.32 Å². The Morgan fingerprint density at radius 3 is 2.33 bits per heavy atom. The first-order valence-corrected chi connectivity index (χ1v) is 6.36. The van der Waals surface area contributed by atoms with Crippen LogP contribution in [-0.2, 0) is 5.60 Å². The molecule has 1 atom stereocenters. The molecule has 0 spiro atoms. The van der Waals surface area contributed by atoms with Gasteiger partial charge >= 0.3 is 0 Å². The molecule has 0 aliphatic carbocycles. The van der Waals surface area contributed by atoms with Crippen LogP contribution >= 0.6 is 0 Å². The average Bonchev–Trinajstić information content (AvgIpc) is 2.19. The van der Waals surface area contributed by atoms with Crippen molar-refractivity contribution < 1.29 is 9.50 Å². The maximum Gasteiger partial charge on any atom is 0.126 e. The molecule has 0 radical (unpaired) electrons. The second kappa shape index (κ2) is 5.37. The molecule has 0 aliphatic rings. The van der Waals surface area contributed by atoms with Gasteiger partial charge in [-0.25, -0.2) is 4.39 Å². The van der Waals surface area contributed by atoms with Crippen molar-refractivity contribution in [1.29, 1.82) is 0 Å². The van der Waals surface area contributed by atoms with E-state index in [1.54, 1.807) is 26.0 Å². The third-order valence-electron chi connectivity index (χ3n) is 3.06. The molecule has 0 heterocycles. The first kappa shape index (κ1) is 15.1. The molecule has 3 heteroatoms. The van der Waals surface area contributed by atoms with Gasteiger partial charge in [-0.3, -0.25) is 0 Å². The molecule has 1 aromatic rings. The summed E-state index contributed by atoms with van der Waals surface area (Å²) >= 11 is 0. The third-order valence-corrected chi connectivity index (χ3v) is 3.06. The Morgan fingerprint density at radius 1 is 1.22 bits per heavy atom. The molecule has 18 heavy (non-hydrogen) atoms. The monoisotopic (exact) mass is 253 g/mol. The summed E-state index contributed by atoms with van der Waals surface area (Å²) in [6.45, 7) is 10.4. The molecule has 0 aromatic heterocycles. The van der Waals surface area contributed by atoms with Crippen molar-refractivity contribution in [1.82, 2.24) is 5.32 Å². The molecular weight excluding hydrogens is 229 g/mol. The van der Waals surface area contributed by atoms with E-state index in [9.17, 15) is 9.50 Å². The lowest BCUT2D eigenvalue weighted by Gasteiger charge is -2.27. The zero-order valence-corrected chi connectivity index (χ0v) is 12.0. The van der Waals surface area contributed by atoms with Crippen LogP contribution in [0.3, 0.4) is 0 Å². The van der Waals surface area contributed by atoms with Crippen molar-refractivity contribution in [3.8, 4) is 0 Å². The van der Waals surface area contributed by atoms with Gasteiger partial charge in [0.05, 0.1) is 5.60 Å². The van der Waals surface area contributed by atoms with E-state index in [-0.39, 0.29) is 11.4 Å². The third kappa shape index (κ3) is 4.39. The number of nitrogens with one attached hydrogen (secondary N) is 1. The number of halogens is 1. The fourth-order valence-corrected chi connectivity index (χ4v) is 1.75. The molecule has 1 unspecified atom stereocenters. The Kier molecular flexibility index (Phi) is 4.51. The molecule has 2 nitrogen and oxygen atoms in total. The van der Waals surface area contributed by atoms with Gasteiger partial charge < -0.3 is 10.4 Å². The second-order valence-corrected chi connectivity index (χ2v) is 6.16. The Labute approximate surface area is 109 Å². The van der Waals surface area contributed by atoms with E-state index in [0.29, 0.717) is 24.1 Å². The van der Waals surface area contributed by atoms with Crippen LogP contribution in [0.25, 0.3) is 0 Å². The quantitative estimate of drug-likeness (QED) is 0.864. The highest BCUT2D eigenvalue weighted by Crippen LogP contribution is 2.25. The second-order valence-electron chi connectivity index (χ2n) is 6.16. The number of hydrogen-bond acceptors (Lipinski definition) is 2. The highest BCUT2D eigenvalue weighted by Gasteiger charge is 2.24. The molecule has 0 aliphatic heterocycles. The lowest BCUT2D eigenvalue weighted by Crippen LogP contribution is -2.39. The fourth-order valence-electron chi connectivity index (χ4n) is 1.75. The van der Waals surface area contributed by atoms with Crippen LogP contribution in [0.1, 0.15) is 45.2 Å². The molecule has 0 bridgehead atoms. The van der Waals surface area contributed by atoms with Gasteiger partial charge in [-0.05, 0) is 64.8 Å². The van der Waals surface area contributed by atoms with Crippen LogP contribution in [0.15, 0.2) is 18.2 Å². The molecule has 1 rings (SSSR count). The normalized spacial score (nSPS) is 15.5. The smallest absolute Gasteiger partial charge is 0.126 e. The van der Waals surface area contributed by atoms with Crippen LogP contribution in [-0.4, -0.2) is 17.2 Å². The lowest BCUT2D eigenvalue weighted by atomic mass is 9.91. The number of rotatable bonds is 4. The Hall–Kier alpha value is -0.930. The summed E-state index contributed by atoms with van der Waals surface area (Å²) in [5.41, 5.74) is 0.241. The van der Waals surface area contributed by atoms with E-state index >= 15 is 0 Å². The van der Waals surface area contributed by atoms with E-state index in [4.69, 9.17) is 0 Å². The predicted octanol–water partition coefficient (Wildman–Crippen LogP) is 3.12. The topological polar surface area (TPSA) is 32.3 Å². The summed E-state index contributed by atoms with van der Waals surface area (Å²) < 4.78 is 13.5. The van der Waals surface area contributed by atoms with Crippen molar-refractivity contribution in [2.24, 2.45) is 0 Å². The summed E-state index contributed by atoms with van der Waals surface area (Å²) in [5.74, 6) is -0.267. The van der Waals surface area contributed by atoms with Crippen LogP contribution in [0, 0.1) is 12.7 Å². The van der Waals surface area contributed by atoms with Gasteiger partial charge in [0, 0.05) is 5.54 Å². The van der Waals surface area contributed by atoms with Gasteiger partial charge in [-0.2, -0.15) is 0 Å². The van der Waals surface area contributed by atoms with Gasteiger partial charge in [0.2, 0.25) is 0 Å². The van der Waals surface area contributed by atoms with Crippen molar-refractivity contribution >= 4 is 0 Å². The van der Waals surface area contributed by atoms with Crippen molar-refractivity contribution in [2.75, 3.05) is 6.54 Å². The zero-order valence-electron chi connectivity index (χ0n) is 12.0. The van der Waals surface area contributed by atoms with E-state index < -0.39 is 5.60 Å². The minimum absolute atomic E-state index is 0.0224. The van der Waals surface area contributed by atoms with Crippen molar-refractivity contribution in [3.05, 3.63) is 35.1 Å². The van der Waals surface area contributed by atoms with Crippen molar-refractivity contribution in [2.45, 2.75) is 52.2 Å². The minimum Gasteiger partial charge on any atom is -0.385 e. The molecule has 1 aromatic carbocycles. The maximum absolute atomic E-state index is 13.5. The number of hydrogen-bond donors (Lipinski definition) is 2. The van der Waals surface area contributed by atoms with E-state index in [1.165, 1.54) is 6.07 Å². The van der Waals surface area contributed by atoms with E-state index in [0.717, 1.165) is 0 Å². The lowest BCUT2D eigenvalue weighted by molar-refractivity contribution is 0.0460. The SMILES string of the molecule is Cc1ccc(C(C)(O)CCNC(C)(C)C)cc1F. The molecule has 2 N–H and O–H groups in total. The number of aryl methyl sites for hydroxylation is 1. The maximum atomic E-state index is 13.5. The highest BCUT2D eigenvalue weighted by molar-refractivity contribution is 5.27. The van der Waals surface area contributed by atoms with Gasteiger partial charge in [-0.1, -0.05) is 12.1 Å². The van der Waals surface area contributed by atoms with Crippen LogP contribution in [0.4, 0.5) is 4.39 Å². The Balaban J connectivity index is 2.70. The zero-order chi connectivity index (χ0) is 14.0. The molecule has 0 amide bonds. The van der Waals surface area contributed by atoms with Gasteiger partial charge in [0.25, 0.3) is 0 Å². The first-order valence-electron chi connectivity index (χ1n) is 6.36. The molecule has 0 saturated heterocycles. The standard InChI is InChI=1S/C15H24FNO/c1-11-6-7-12(10-13(11)16)15(5,18)8-9-17-14(2,3)4/h6-7,10,17-18H,8-9H2,1-5H3.